The van der Waals surface area contributed by atoms with E-state index in [4.69, 9.17) is 28.6 Å². The zero-order valence-corrected chi connectivity index (χ0v) is 15.8. The number of carbonyl (C=O) groups is 3. The molecule has 0 spiro atoms. The third-order valence-corrected chi connectivity index (χ3v) is 4.31. The molecule has 2 aromatic carbocycles. The van der Waals surface area contributed by atoms with Crippen LogP contribution in [0.3, 0.4) is 0 Å². The van der Waals surface area contributed by atoms with Crippen LogP contribution in [-0.2, 0) is 14.4 Å². The molecule has 1 N–H and O–H groups in total. The van der Waals surface area contributed by atoms with Crippen LogP contribution in [0.15, 0.2) is 54.1 Å². The van der Waals surface area contributed by atoms with E-state index in [9.17, 15) is 19.5 Å². The average molecular weight is 416 g/mol. The average Bonchev–Trinajstić information content (AvgIpc) is 2.65. The number of halogens is 1. The monoisotopic (exact) mass is 415 g/mol. The Bertz CT molecular complexity index is 1010. The number of para-hydroxylation sites is 1. The normalized spacial score (nSPS) is 15.5. The molecule has 7 nitrogen and oxygen atoms in total. The molecule has 0 atom stereocenters. The summed E-state index contributed by atoms with van der Waals surface area (Å²) in [6.07, 6.45) is 1.36. The summed E-state index contributed by atoms with van der Waals surface area (Å²) in [6.45, 7) is -0.648. The molecule has 0 saturated carbocycles. The Labute approximate surface area is 170 Å². The summed E-state index contributed by atoms with van der Waals surface area (Å²) in [5.74, 6) is -2.45. The minimum absolute atomic E-state index is 0.0117. The second-order valence-electron chi connectivity index (χ2n) is 5.64. The predicted octanol–water partition coefficient (Wildman–Crippen LogP) is 1.30. The van der Waals surface area contributed by atoms with Crippen LogP contribution < -0.4 is 20.1 Å². The lowest BCUT2D eigenvalue weighted by Gasteiger charge is -2.28. The van der Waals surface area contributed by atoms with Crippen molar-refractivity contribution in [3.63, 3.8) is 0 Å². The Morgan fingerprint density at radius 2 is 1.93 bits per heavy atom. The summed E-state index contributed by atoms with van der Waals surface area (Å²) in [4.78, 5) is 36.8. The smallest absolute Gasteiger partial charge is 0.270 e. The first-order valence-electron chi connectivity index (χ1n) is 7.95. The number of benzene rings is 2. The van der Waals surface area contributed by atoms with E-state index < -0.39 is 24.4 Å². The molecule has 1 fully saturated rings. The molecular weight excluding hydrogens is 404 g/mol. The van der Waals surface area contributed by atoms with Crippen LogP contribution in [-0.4, -0.2) is 29.5 Å². The van der Waals surface area contributed by atoms with Gasteiger partial charge in [0, 0.05) is 0 Å². The molecular formula is C19H12ClN2O5S-. The Kier molecular flexibility index (Phi) is 5.72. The molecule has 2 aromatic rings. The molecule has 28 heavy (non-hydrogen) atoms. The van der Waals surface area contributed by atoms with Crippen molar-refractivity contribution >= 4 is 58.5 Å². The van der Waals surface area contributed by atoms with Crippen LogP contribution in [0.25, 0.3) is 6.08 Å². The standard InChI is InChI=1S/C19H13ClN2O5S/c20-14-9-11(6-7-15(14)27-10-16(23)24)8-13-17(25)21-19(28)22(18(13)26)12-4-2-1-3-5-12/h1-9H,10H2,(H,23,24)(H,21,25,28)/p-1/b13-8-. The van der Waals surface area contributed by atoms with Crippen molar-refractivity contribution in [1.82, 2.24) is 5.32 Å². The molecule has 1 saturated heterocycles. The third-order valence-electron chi connectivity index (χ3n) is 3.73. The highest BCUT2D eigenvalue weighted by Gasteiger charge is 2.34. The fourth-order valence-electron chi connectivity index (χ4n) is 2.50. The molecule has 142 valence electrons. The molecule has 3 rings (SSSR count). The Morgan fingerprint density at radius 3 is 2.57 bits per heavy atom. The Hall–Kier alpha value is -3.23. The van der Waals surface area contributed by atoms with Crippen LogP contribution in [0.4, 0.5) is 5.69 Å². The van der Waals surface area contributed by atoms with Gasteiger partial charge in [0.25, 0.3) is 11.8 Å². The zero-order valence-electron chi connectivity index (χ0n) is 14.2. The topological polar surface area (TPSA) is 98.8 Å². The number of hydrogen-bond donors (Lipinski definition) is 1. The van der Waals surface area contributed by atoms with E-state index in [0.717, 1.165) is 0 Å². The summed E-state index contributed by atoms with van der Waals surface area (Å²) >= 11 is 11.2. The number of ether oxygens (including phenoxy) is 1. The lowest BCUT2D eigenvalue weighted by Crippen LogP contribution is -2.54. The van der Waals surface area contributed by atoms with Crippen molar-refractivity contribution in [1.29, 1.82) is 0 Å². The maximum Gasteiger partial charge on any atom is 0.270 e. The second-order valence-corrected chi connectivity index (χ2v) is 6.44. The Balaban J connectivity index is 1.91. The zero-order chi connectivity index (χ0) is 20.3. The van der Waals surface area contributed by atoms with E-state index in [1.807, 2.05) is 0 Å². The highest BCUT2D eigenvalue weighted by atomic mass is 35.5. The number of rotatable bonds is 5. The van der Waals surface area contributed by atoms with Crippen molar-refractivity contribution in [2.24, 2.45) is 0 Å². The maximum atomic E-state index is 12.9. The van der Waals surface area contributed by atoms with Crippen LogP contribution >= 0.6 is 23.8 Å². The summed E-state index contributed by atoms with van der Waals surface area (Å²) < 4.78 is 4.99. The molecule has 0 aromatic heterocycles. The number of carbonyl (C=O) groups excluding carboxylic acids is 3. The first-order chi connectivity index (χ1) is 13.4. The van der Waals surface area contributed by atoms with Gasteiger partial charge in [0.2, 0.25) is 0 Å². The van der Waals surface area contributed by atoms with Crippen LogP contribution in [0.5, 0.6) is 5.75 Å². The fourth-order valence-corrected chi connectivity index (χ4v) is 3.02. The van der Waals surface area contributed by atoms with Crippen molar-refractivity contribution in [2.75, 3.05) is 11.5 Å². The van der Waals surface area contributed by atoms with Crippen LogP contribution in [0.2, 0.25) is 5.02 Å². The Morgan fingerprint density at radius 1 is 1.21 bits per heavy atom. The summed E-state index contributed by atoms with van der Waals surface area (Å²) in [5, 5.41) is 13.1. The number of hydrogen-bond acceptors (Lipinski definition) is 6. The molecule has 1 heterocycles. The van der Waals surface area contributed by atoms with E-state index in [-0.39, 0.29) is 21.5 Å². The van der Waals surface area contributed by atoms with Crippen LogP contribution in [0.1, 0.15) is 5.56 Å². The van der Waals surface area contributed by atoms with Gasteiger partial charge in [-0.25, -0.2) is 0 Å². The molecule has 9 heteroatoms. The molecule has 0 unspecified atom stereocenters. The van der Waals surface area contributed by atoms with E-state index in [0.29, 0.717) is 11.3 Å². The lowest BCUT2D eigenvalue weighted by atomic mass is 10.1. The first-order valence-corrected chi connectivity index (χ1v) is 8.74. The minimum Gasteiger partial charge on any atom is -0.546 e. The van der Waals surface area contributed by atoms with Gasteiger partial charge in [0.15, 0.2) is 5.11 Å². The fraction of sp³-hybridized carbons (Fsp3) is 0.0526. The third kappa shape index (κ3) is 4.19. The summed E-state index contributed by atoms with van der Waals surface area (Å²) in [5.41, 5.74) is 0.842. The summed E-state index contributed by atoms with van der Waals surface area (Å²) in [6, 6.07) is 13.1. The van der Waals surface area contributed by atoms with Gasteiger partial charge in [-0.1, -0.05) is 35.9 Å². The van der Waals surface area contributed by atoms with Gasteiger partial charge in [0.1, 0.15) is 17.9 Å². The predicted molar refractivity (Wildman–Crippen MR) is 105 cm³/mol. The number of amides is 2. The number of anilines is 1. The van der Waals surface area contributed by atoms with E-state index in [1.54, 1.807) is 30.3 Å². The first kappa shape index (κ1) is 19.5. The van der Waals surface area contributed by atoms with Gasteiger partial charge >= 0.3 is 0 Å². The minimum atomic E-state index is -1.39. The molecule has 0 bridgehead atoms. The number of aliphatic carboxylic acids is 1. The van der Waals surface area contributed by atoms with Gasteiger partial charge in [-0.05, 0) is 48.1 Å². The van der Waals surface area contributed by atoms with Gasteiger partial charge in [-0.15, -0.1) is 0 Å². The number of carboxylic acids is 1. The lowest BCUT2D eigenvalue weighted by molar-refractivity contribution is -0.307. The van der Waals surface area contributed by atoms with Gasteiger partial charge in [-0.2, -0.15) is 0 Å². The maximum absolute atomic E-state index is 12.9. The highest BCUT2D eigenvalue weighted by molar-refractivity contribution is 7.80. The number of carboxylic acid groups (broad SMARTS) is 1. The summed E-state index contributed by atoms with van der Waals surface area (Å²) in [7, 11) is 0. The van der Waals surface area contributed by atoms with E-state index >= 15 is 0 Å². The van der Waals surface area contributed by atoms with Crippen molar-refractivity contribution in [3.8, 4) is 5.75 Å². The highest BCUT2D eigenvalue weighted by Crippen LogP contribution is 2.27. The number of nitrogens with zero attached hydrogens (tertiary/aromatic N) is 1. The molecule has 0 radical (unpaired) electrons. The van der Waals surface area contributed by atoms with Crippen molar-refractivity contribution in [3.05, 3.63) is 64.7 Å². The van der Waals surface area contributed by atoms with Gasteiger partial charge in [0.05, 0.1) is 16.7 Å². The molecule has 2 amide bonds. The molecule has 1 aliphatic rings. The quantitative estimate of drug-likeness (QED) is 0.449. The van der Waals surface area contributed by atoms with Crippen molar-refractivity contribution in [2.45, 2.75) is 0 Å². The SMILES string of the molecule is O=C([O-])COc1ccc(/C=C2/C(=O)NC(=S)N(c3ccccc3)C2=O)cc1Cl. The number of nitrogens with one attached hydrogen (secondary N) is 1. The van der Waals surface area contributed by atoms with Crippen molar-refractivity contribution < 1.29 is 24.2 Å². The van der Waals surface area contributed by atoms with Gasteiger partial charge in [-0.3, -0.25) is 19.8 Å². The number of thiocarbonyl (C=S) groups is 1. The molecule has 1 aliphatic heterocycles. The van der Waals surface area contributed by atoms with Gasteiger partial charge < -0.3 is 14.6 Å². The van der Waals surface area contributed by atoms with Crippen LogP contribution in [0, 0.1) is 0 Å². The second kappa shape index (κ2) is 8.20. The molecule has 0 aliphatic carbocycles. The van der Waals surface area contributed by atoms with E-state index in [2.05, 4.69) is 5.32 Å². The van der Waals surface area contributed by atoms with E-state index in [1.165, 1.54) is 29.2 Å². The largest absolute Gasteiger partial charge is 0.546 e.